The van der Waals surface area contributed by atoms with E-state index in [-0.39, 0.29) is 0 Å². The topological polar surface area (TPSA) is 64.9 Å². The normalized spacial score (nSPS) is 11.0. The van der Waals surface area contributed by atoms with Crippen LogP contribution in [0.1, 0.15) is 12.0 Å². The molecular weight excluding hydrogens is 238 g/mol. The van der Waals surface area contributed by atoms with Crippen LogP contribution in [0.15, 0.2) is 47.1 Å². The van der Waals surface area contributed by atoms with Gasteiger partial charge in [0.05, 0.1) is 0 Å². The van der Waals surface area contributed by atoms with E-state index in [0.29, 0.717) is 12.4 Å². The van der Waals surface area contributed by atoms with Crippen molar-refractivity contribution in [3.8, 4) is 11.5 Å². The van der Waals surface area contributed by atoms with E-state index in [9.17, 15) is 0 Å². The molecule has 3 aromatic rings. The summed E-state index contributed by atoms with van der Waals surface area (Å²) in [4.78, 5) is 8.52. The van der Waals surface area contributed by atoms with Gasteiger partial charge in [0.1, 0.15) is 5.52 Å². The zero-order valence-electron chi connectivity index (χ0n) is 10.5. The van der Waals surface area contributed by atoms with Crippen molar-refractivity contribution in [2.45, 2.75) is 12.8 Å². The molecule has 4 nitrogen and oxygen atoms in total. The molecule has 2 heterocycles. The number of benzene rings is 1. The molecule has 0 bridgehead atoms. The van der Waals surface area contributed by atoms with Crippen molar-refractivity contribution >= 4 is 11.1 Å². The molecular formula is C15H15N3O. The summed E-state index contributed by atoms with van der Waals surface area (Å²) in [6.07, 6.45) is 5.43. The minimum atomic E-state index is 0.633. The second-order valence-electron chi connectivity index (χ2n) is 4.45. The van der Waals surface area contributed by atoms with Gasteiger partial charge >= 0.3 is 0 Å². The second kappa shape index (κ2) is 5.20. The molecule has 0 saturated carbocycles. The van der Waals surface area contributed by atoms with Gasteiger partial charge in [-0.2, -0.15) is 0 Å². The lowest BCUT2D eigenvalue weighted by Crippen LogP contribution is -2.00. The average Bonchev–Trinajstić information content (AvgIpc) is 2.89. The first-order valence-corrected chi connectivity index (χ1v) is 6.37. The van der Waals surface area contributed by atoms with Gasteiger partial charge in [0, 0.05) is 18.0 Å². The quantitative estimate of drug-likeness (QED) is 0.776. The Labute approximate surface area is 111 Å². The maximum absolute atomic E-state index is 5.75. The lowest BCUT2D eigenvalue weighted by Gasteiger charge is -1.97. The van der Waals surface area contributed by atoms with E-state index in [1.165, 1.54) is 5.56 Å². The lowest BCUT2D eigenvalue weighted by atomic mass is 10.1. The Hall–Kier alpha value is -2.20. The zero-order chi connectivity index (χ0) is 13.1. The van der Waals surface area contributed by atoms with E-state index >= 15 is 0 Å². The molecule has 0 aliphatic heterocycles. The fraction of sp³-hybridized carbons (Fsp3) is 0.200. The third kappa shape index (κ3) is 2.48. The van der Waals surface area contributed by atoms with Gasteiger partial charge in [-0.25, -0.2) is 4.98 Å². The van der Waals surface area contributed by atoms with Crippen LogP contribution in [0.4, 0.5) is 0 Å². The highest BCUT2D eigenvalue weighted by Gasteiger charge is 2.08. The molecule has 0 spiro atoms. The molecule has 2 N–H and O–H groups in total. The molecule has 96 valence electrons. The molecule has 0 aliphatic carbocycles. The molecule has 0 radical (unpaired) electrons. The highest BCUT2D eigenvalue weighted by molar-refractivity contribution is 5.76. The zero-order valence-corrected chi connectivity index (χ0v) is 10.5. The number of pyridine rings is 1. The number of nitrogens with zero attached hydrogens (tertiary/aromatic N) is 2. The summed E-state index contributed by atoms with van der Waals surface area (Å²) >= 11 is 0. The lowest BCUT2D eigenvalue weighted by molar-refractivity contribution is 0.619. The fourth-order valence-electron chi connectivity index (χ4n) is 2.05. The Balaban J connectivity index is 1.97. The molecule has 2 aromatic heterocycles. The maximum Gasteiger partial charge on any atom is 0.227 e. The molecule has 0 aliphatic rings. The Morgan fingerprint density at radius 3 is 2.74 bits per heavy atom. The SMILES string of the molecule is NCCCc1ccc2oc(-c3ccncc3)nc2c1. The number of hydrogen-bond donors (Lipinski definition) is 1. The molecule has 4 heteroatoms. The predicted octanol–water partition coefficient (Wildman–Crippen LogP) is 2.78. The Morgan fingerprint density at radius 1 is 1.11 bits per heavy atom. The van der Waals surface area contributed by atoms with E-state index in [1.807, 2.05) is 18.2 Å². The van der Waals surface area contributed by atoms with Gasteiger partial charge in [0.2, 0.25) is 5.89 Å². The van der Waals surface area contributed by atoms with Crippen molar-refractivity contribution in [2.24, 2.45) is 5.73 Å². The molecule has 0 fully saturated rings. The van der Waals surface area contributed by atoms with Gasteiger partial charge in [-0.15, -0.1) is 0 Å². The van der Waals surface area contributed by atoms with Gasteiger partial charge in [0.25, 0.3) is 0 Å². The van der Waals surface area contributed by atoms with Crippen LogP contribution in [0.2, 0.25) is 0 Å². The molecule has 3 rings (SSSR count). The highest BCUT2D eigenvalue weighted by atomic mass is 16.3. The van der Waals surface area contributed by atoms with Crippen LogP contribution in [-0.4, -0.2) is 16.5 Å². The van der Waals surface area contributed by atoms with Crippen molar-refractivity contribution in [1.82, 2.24) is 9.97 Å². The minimum absolute atomic E-state index is 0.633. The van der Waals surface area contributed by atoms with E-state index in [4.69, 9.17) is 10.2 Å². The Morgan fingerprint density at radius 2 is 1.95 bits per heavy atom. The summed E-state index contributed by atoms with van der Waals surface area (Å²) in [5.74, 6) is 0.633. The molecule has 0 saturated heterocycles. The number of aromatic nitrogens is 2. The van der Waals surface area contributed by atoms with Gasteiger partial charge in [-0.1, -0.05) is 6.07 Å². The van der Waals surface area contributed by atoms with Crippen molar-refractivity contribution in [2.75, 3.05) is 6.54 Å². The molecule has 0 amide bonds. The number of hydrogen-bond acceptors (Lipinski definition) is 4. The fourth-order valence-corrected chi connectivity index (χ4v) is 2.05. The molecule has 0 unspecified atom stereocenters. The summed E-state index contributed by atoms with van der Waals surface area (Å²) in [6.45, 7) is 0.707. The van der Waals surface area contributed by atoms with Crippen LogP contribution in [0.3, 0.4) is 0 Å². The number of fused-ring (bicyclic) bond motifs is 1. The van der Waals surface area contributed by atoms with Crippen LogP contribution in [0.5, 0.6) is 0 Å². The summed E-state index contributed by atoms with van der Waals surface area (Å²) in [6, 6.07) is 9.89. The number of aryl methyl sites for hydroxylation is 1. The predicted molar refractivity (Wildman–Crippen MR) is 74.6 cm³/mol. The summed E-state index contributed by atoms with van der Waals surface area (Å²) in [5, 5.41) is 0. The van der Waals surface area contributed by atoms with Crippen molar-refractivity contribution in [3.05, 3.63) is 48.3 Å². The number of oxazole rings is 1. The molecule has 19 heavy (non-hydrogen) atoms. The third-order valence-electron chi connectivity index (χ3n) is 3.05. The van der Waals surface area contributed by atoms with Gasteiger partial charge < -0.3 is 10.2 Å². The van der Waals surface area contributed by atoms with Crippen LogP contribution in [0.25, 0.3) is 22.6 Å². The average molecular weight is 253 g/mol. The first kappa shape index (κ1) is 11.9. The molecule has 1 aromatic carbocycles. The Kier molecular flexibility index (Phi) is 3.25. The highest BCUT2D eigenvalue weighted by Crippen LogP contribution is 2.24. The van der Waals surface area contributed by atoms with Crippen molar-refractivity contribution < 1.29 is 4.42 Å². The van der Waals surface area contributed by atoms with Gasteiger partial charge in [-0.3, -0.25) is 4.98 Å². The van der Waals surface area contributed by atoms with E-state index in [1.54, 1.807) is 12.4 Å². The van der Waals surface area contributed by atoms with E-state index in [2.05, 4.69) is 22.1 Å². The minimum Gasteiger partial charge on any atom is -0.436 e. The van der Waals surface area contributed by atoms with Gasteiger partial charge in [0.15, 0.2) is 5.58 Å². The number of nitrogens with two attached hydrogens (primary N) is 1. The monoisotopic (exact) mass is 253 g/mol. The van der Waals surface area contributed by atoms with Crippen molar-refractivity contribution in [1.29, 1.82) is 0 Å². The van der Waals surface area contributed by atoms with E-state index in [0.717, 1.165) is 29.5 Å². The molecule has 0 atom stereocenters. The smallest absolute Gasteiger partial charge is 0.227 e. The summed E-state index contributed by atoms with van der Waals surface area (Å²) < 4.78 is 5.75. The standard InChI is InChI=1S/C15H15N3O/c16-7-1-2-11-3-4-14-13(10-11)18-15(19-14)12-5-8-17-9-6-12/h3-6,8-10H,1-2,7,16H2. The van der Waals surface area contributed by atoms with E-state index < -0.39 is 0 Å². The van der Waals surface area contributed by atoms with Crippen LogP contribution >= 0.6 is 0 Å². The Bertz CT molecular complexity index is 676. The van der Waals surface area contributed by atoms with Crippen LogP contribution in [0, 0.1) is 0 Å². The first-order valence-electron chi connectivity index (χ1n) is 6.37. The first-order chi connectivity index (χ1) is 9.36. The maximum atomic E-state index is 5.75. The third-order valence-corrected chi connectivity index (χ3v) is 3.05. The summed E-state index contributed by atoms with van der Waals surface area (Å²) in [5.41, 5.74) is 9.41. The summed E-state index contributed by atoms with van der Waals surface area (Å²) in [7, 11) is 0. The van der Waals surface area contributed by atoms with Crippen LogP contribution < -0.4 is 5.73 Å². The van der Waals surface area contributed by atoms with Crippen LogP contribution in [-0.2, 0) is 6.42 Å². The largest absolute Gasteiger partial charge is 0.436 e. The second-order valence-corrected chi connectivity index (χ2v) is 4.45. The van der Waals surface area contributed by atoms with Crippen molar-refractivity contribution in [3.63, 3.8) is 0 Å². The van der Waals surface area contributed by atoms with Gasteiger partial charge in [-0.05, 0) is 49.2 Å². The number of rotatable bonds is 4.